The number of hydrogen-bond donors (Lipinski definition) is 3. The molecule has 3 amide bonds. The van der Waals surface area contributed by atoms with Gasteiger partial charge >= 0.3 is 0 Å². The van der Waals surface area contributed by atoms with Gasteiger partial charge in [-0.3, -0.25) is 19.3 Å². The first-order valence-electron chi connectivity index (χ1n) is 10.1. The van der Waals surface area contributed by atoms with E-state index in [4.69, 9.17) is 11.6 Å². The molecule has 1 atom stereocenters. The van der Waals surface area contributed by atoms with Crippen LogP contribution in [-0.4, -0.2) is 30.3 Å². The van der Waals surface area contributed by atoms with Gasteiger partial charge in [-0.2, -0.15) is 0 Å². The average molecular weight is 449 g/mol. The normalized spacial score (nSPS) is 14.8. The van der Waals surface area contributed by atoms with Crippen LogP contribution in [0.4, 0.5) is 22.7 Å². The molecule has 0 aliphatic carbocycles. The maximum atomic E-state index is 13.2. The molecule has 3 N–H and O–H groups in total. The Morgan fingerprint density at radius 3 is 2.34 bits per heavy atom. The smallest absolute Gasteiger partial charge is 0.250 e. The highest BCUT2D eigenvalue weighted by molar-refractivity contribution is 6.33. The summed E-state index contributed by atoms with van der Waals surface area (Å²) in [6, 6.07) is 22.3. The minimum atomic E-state index is -0.804. The Morgan fingerprint density at radius 2 is 1.56 bits per heavy atom. The highest BCUT2D eigenvalue weighted by atomic mass is 35.5. The number of para-hydroxylation sites is 4. The summed E-state index contributed by atoms with van der Waals surface area (Å²) in [5.41, 5.74) is 2.37. The number of anilines is 4. The molecule has 4 rings (SSSR count). The van der Waals surface area contributed by atoms with E-state index in [9.17, 15) is 14.4 Å². The lowest BCUT2D eigenvalue weighted by atomic mass is 10.1. The zero-order valence-corrected chi connectivity index (χ0v) is 17.8. The lowest BCUT2D eigenvalue weighted by Crippen LogP contribution is -2.50. The zero-order chi connectivity index (χ0) is 22.5. The van der Waals surface area contributed by atoms with Gasteiger partial charge in [0, 0.05) is 5.69 Å². The lowest BCUT2D eigenvalue weighted by molar-refractivity contribution is -0.124. The maximum Gasteiger partial charge on any atom is 0.250 e. The topological polar surface area (TPSA) is 90.5 Å². The van der Waals surface area contributed by atoms with E-state index in [1.165, 1.54) is 4.90 Å². The molecule has 0 aromatic heterocycles. The Morgan fingerprint density at radius 1 is 0.875 bits per heavy atom. The molecule has 32 heavy (non-hydrogen) atoms. The van der Waals surface area contributed by atoms with Gasteiger partial charge in [0.25, 0.3) is 5.91 Å². The third-order valence-corrected chi connectivity index (χ3v) is 5.32. The van der Waals surface area contributed by atoms with E-state index in [1.54, 1.807) is 48.5 Å². The molecule has 162 valence electrons. The second-order valence-corrected chi connectivity index (χ2v) is 7.69. The van der Waals surface area contributed by atoms with E-state index in [1.807, 2.05) is 30.3 Å². The molecule has 3 aromatic carbocycles. The van der Waals surface area contributed by atoms with Crippen LogP contribution in [0.5, 0.6) is 0 Å². The Balaban J connectivity index is 1.49. The second-order valence-electron chi connectivity index (χ2n) is 7.28. The van der Waals surface area contributed by atoms with Crippen molar-refractivity contribution in [1.29, 1.82) is 0 Å². The summed E-state index contributed by atoms with van der Waals surface area (Å²) in [5, 5.41) is 9.04. The van der Waals surface area contributed by atoms with Gasteiger partial charge in [-0.25, -0.2) is 0 Å². The van der Waals surface area contributed by atoms with E-state index in [0.29, 0.717) is 27.8 Å². The molecule has 1 aliphatic rings. The fourth-order valence-electron chi connectivity index (χ4n) is 3.50. The van der Waals surface area contributed by atoms with Gasteiger partial charge in [-0.05, 0) is 36.4 Å². The Bertz CT molecular complexity index is 1150. The molecule has 0 saturated carbocycles. The van der Waals surface area contributed by atoms with Crippen molar-refractivity contribution in [3.63, 3.8) is 0 Å². The first kappa shape index (κ1) is 21.4. The molecule has 0 saturated heterocycles. The maximum absolute atomic E-state index is 13.2. The van der Waals surface area contributed by atoms with Crippen molar-refractivity contribution in [2.75, 3.05) is 27.4 Å². The number of amides is 3. The molecule has 1 heterocycles. The van der Waals surface area contributed by atoms with Crippen LogP contribution in [0, 0.1) is 0 Å². The molecular weight excluding hydrogens is 428 g/mol. The number of carbonyl (C=O) groups excluding carboxylic acids is 3. The van der Waals surface area contributed by atoms with Crippen molar-refractivity contribution in [3.05, 3.63) is 83.9 Å². The molecule has 1 unspecified atom stereocenters. The van der Waals surface area contributed by atoms with Crippen LogP contribution in [0.3, 0.4) is 0 Å². The summed E-state index contributed by atoms with van der Waals surface area (Å²) >= 11 is 6.12. The summed E-state index contributed by atoms with van der Waals surface area (Å²) in [6.07, 6.45) is -0.0787. The molecular formula is C24H21ClN4O3. The van der Waals surface area contributed by atoms with E-state index in [0.717, 1.165) is 0 Å². The number of nitrogens with one attached hydrogen (secondary N) is 3. The first-order valence-corrected chi connectivity index (χ1v) is 10.5. The SMILES string of the molecule is O=C(CC1Nc2ccccc2N(CC(=O)Nc2ccccc2Cl)C1=O)Nc1ccccc1. The summed E-state index contributed by atoms with van der Waals surface area (Å²) in [5.74, 6) is -1.06. The van der Waals surface area contributed by atoms with Gasteiger partial charge in [0.2, 0.25) is 11.8 Å². The molecule has 8 heteroatoms. The summed E-state index contributed by atoms with van der Waals surface area (Å²) in [4.78, 5) is 39.8. The number of rotatable bonds is 6. The monoisotopic (exact) mass is 448 g/mol. The minimum absolute atomic E-state index is 0.0787. The van der Waals surface area contributed by atoms with Crippen LogP contribution < -0.4 is 20.9 Å². The van der Waals surface area contributed by atoms with E-state index in [-0.39, 0.29) is 24.8 Å². The quantitative estimate of drug-likeness (QED) is 0.528. The Hall–Kier alpha value is -3.84. The van der Waals surface area contributed by atoms with E-state index >= 15 is 0 Å². The molecule has 3 aromatic rings. The molecule has 7 nitrogen and oxygen atoms in total. The van der Waals surface area contributed by atoms with Crippen LogP contribution >= 0.6 is 11.6 Å². The average Bonchev–Trinajstić information content (AvgIpc) is 2.79. The van der Waals surface area contributed by atoms with E-state index < -0.39 is 11.9 Å². The Labute approximate surface area is 190 Å². The number of fused-ring (bicyclic) bond motifs is 1. The number of carbonyl (C=O) groups is 3. The van der Waals surface area contributed by atoms with Crippen LogP contribution in [0.15, 0.2) is 78.9 Å². The molecule has 1 aliphatic heterocycles. The van der Waals surface area contributed by atoms with Gasteiger partial charge in [-0.15, -0.1) is 0 Å². The van der Waals surface area contributed by atoms with Crippen molar-refractivity contribution in [1.82, 2.24) is 0 Å². The van der Waals surface area contributed by atoms with Crippen LogP contribution in [0.1, 0.15) is 6.42 Å². The predicted molar refractivity (Wildman–Crippen MR) is 126 cm³/mol. The van der Waals surface area contributed by atoms with Crippen molar-refractivity contribution < 1.29 is 14.4 Å². The highest BCUT2D eigenvalue weighted by Crippen LogP contribution is 2.32. The van der Waals surface area contributed by atoms with Gasteiger partial charge in [-0.1, -0.05) is 54.1 Å². The van der Waals surface area contributed by atoms with E-state index in [2.05, 4.69) is 16.0 Å². The Kier molecular flexibility index (Phi) is 6.37. The van der Waals surface area contributed by atoms with Crippen molar-refractivity contribution in [2.45, 2.75) is 12.5 Å². The number of nitrogens with zero attached hydrogens (tertiary/aromatic N) is 1. The van der Waals surface area contributed by atoms with Gasteiger partial charge < -0.3 is 16.0 Å². The van der Waals surface area contributed by atoms with Crippen molar-refractivity contribution in [2.24, 2.45) is 0 Å². The first-order chi connectivity index (χ1) is 15.5. The zero-order valence-electron chi connectivity index (χ0n) is 17.0. The predicted octanol–water partition coefficient (Wildman–Crippen LogP) is 4.13. The summed E-state index contributed by atoms with van der Waals surface area (Å²) < 4.78 is 0. The second kappa shape index (κ2) is 9.53. The van der Waals surface area contributed by atoms with Crippen LogP contribution in [0.2, 0.25) is 5.02 Å². The third-order valence-electron chi connectivity index (χ3n) is 4.99. The number of halogens is 1. The van der Waals surface area contributed by atoms with Crippen molar-refractivity contribution >= 4 is 52.1 Å². The van der Waals surface area contributed by atoms with Gasteiger partial charge in [0.15, 0.2) is 0 Å². The molecule has 0 spiro atoms. The standard InChI is InChI=1S/C24H21ClN4O3/c25-17-10-4-5-11-18(17)28-23(31)15-29-21-13-7-6-12-19(21)27-20(24(29)32)14-22(30)26-16-8-2-1-3-9-16/h1-13,20,27H,14-15H2,(H,26,30)(H,28,31). The number of benzene rings is 3. The van der Waals surface area contributed by atoms with Gasteiger partial charge in [0.05, 0.1) is 28.5 Å². The molecule has 0 bridgehead atoms. The summed E-state index contributed by atoms with van der Waals surface area (Å²) in [6.45, 7) is -0.209. The molecule has 0 radical (unpaired) electrons. The number of hydrogen-bond acceptors (Lipinski definition) is 4. The van der Waals surface area contributed by atoms with Gasteiger partial charge in [0.1, 0.15) is 12.6 Å². The fourth-order valence-corrected chi connectivity index (χ4v) is 3.69. The van der Waals surface area contributed by atoms with Crippen LogP contribution in [0.25, 0.3) is 0 Å². The highest BCUT2D eigenvalue weighted by Gasteiger charge is 2.34. The molecule has 0 fully saturated rings. The third kappa shape index (κ3) is 4.90. The summed E-state index contributed by atoms with van der Waals surface area (Å²) in [7, 11) is 0. The lowest BCUT2D eigenvalue weighted by Gasteiger charge is -2.34. The van der Waals surface area contributed by atoms with Crippen molar-refractivity contribution in [3.8, 4) is 0 Å². The van der Waals surface area contributed by atoms with Crippen LogP contribution in [-0.2, 0) is 14.4 Å². The minimum Gasteiger partial charge on any atom is -0.372 e. The fraction of sp³-hybridized carbons (Fsp3) is 0.125. The largest absolute Gasteiger partial charge is 0.372 e.